The van der Waals surface area contributed by atoms with E-state index in [2.05, 4.69) is 66.0 Å². The largest absolute Gasteiger partial charge is 0.349 e. The maximum Gasteiger partial charge on any atom is 0.230 e. The Labute approximate surface area is 171 Å². The van der Waals surface area contributed by atoms with Gasteiger partial charge in [0.15, 0.2) is 5.16 Å². The fourth-order valence-corrected chi connectivity index (χ4v) is 4.20. The van der Waals surface area contributed by atoms with Gasteiger partial charge in [0.2, 0.25) is 5.91 Å². The molecular weight excluding hydrogens is 366 g/mol. The topological polar surface area (TPSA) is 46.9 Å². The van der Waals surface area contributed by atoms with E-state index < -0.39 is 0 Å². The Morgan fingerprint density at radius 3 is 2.54 bits per heavy atom. The lowest BCUT2D eigenvalue weighted by molar-refractivity contribution is -0.119. The average Bonchev–Trinajstić information content (AvgIpc) is 2.93. The molecule has 4 nitrogen and oxygen atoms in total. The number of thioether (sulfide) groups is 1. The van der Waals surface area contributed by atoms with Crippen molar-refractivity contribution in [1.82, 2.24) is 14.9 Å². The highest BCUT2D eigenvalue weighted by atomic mass is 32.2. The number of carbonyl (C=O) groups excluding carboxylic acids is 1. The molecule has 3 rings (SSSR count). The zero-order valence-electron chi connectivity index (χ0n) is 17.3. The van der Waals surface area contributed by atoms with Crippen molar-refractivity contribution in [3.63, 3.8) is 0 Å². The van der Waals surface area contributed by atoms with Gasteiger partial charge in [0, 0.05) is 12.2 Å². The summed E-state index contributed by atoms with van der Waals surface area (Å²) in [4.78, 5) is 17.2. The third-order valence-corrected chi connectivity index (χ3v) is 5.93. The van der Waals surface area contributed by atoms with E-state index in [1.54, 1.807) is 0 Å². The summed E-state index contributed by atoms with van der Waals surface area (Å²) < 4.78 is 2.23. The van der Waals surface area contributed by atoms with Crippen molar-refractivity contribution in [1.29, 1.82) is 0 Å². The summed E-state index contributed by atoms with van der Waals surface area (Å²) in [6.07, 6.45) is 0. The summed E-state index contributed by atoms with van der Waals surface area (Å²) in [7, 11) is 0. The van der Waals surface area contributed by atoms with E-state index in [0.717, 1.165) is 23.0 Å². The monoisotopic (exact) mass is 395 g/mol. The van der Waals surface area contributed by atoms with E-state index in [-0.39, 0.29) is 11.9 Å². The predicted molar refractivity (Wildman–Crippen MR) is 118 cm³/mol. The maximum atomic E-state index is 12.5. The Bertz CT molecular complexity index is 977. The molecule has 5 heteroatoms. The normalized spacial score (nSPS) is 12.5. The highest BCUT2D eigenvalue weighted by Crippen LogP contribution is 2.23. The summed E-state index contributed by atoms with van der Waals surface area (Å²) in [5.41, 5.74) is 3.33. The number of hydrogen-bond acceptors (Lipinski definition) is 3. The van der Waals surface area contributed by atoms with Crippen molar-refractivity contribution in [2.75, 3.05) is 5.75 Å². The number of nitrogens with zero attached hydrogens (tertiary/aromatic N) is 2. The molecule has 1 heterocycles. The molecule has 0 fully saturated rings. The fourth-order valence-electron chi connectivity index (χ4n) is 3.29. The summed E-state index contributed by atoms with van der Waals surface area (Å²) in [6, 6.07) is 14.6. The fraction of sp³-hybridized carbons (Fsp3) is 0.391. The lowest BCUT2D eigenvalue weighted by Crippen LogP contribution is -2.28. The first-order chi connectivity index (χ1) is 13.3. The second-order valence-corrected chi connectivity index (χ2v) is 8.70. The van der Waals surface area contributed by atoms with Gasteiger partial charge in [0.1, 0.15) is 0 Å². The molecule has 1 amide bonds. The number of benzene rings is 2. The van der Waals surface area contributed by atoms with Gasteiger partial charge in [-0.25, -0.2) is 4.98 Å². The van der Waals surface area contributed by atoms with Crippen LogP contribution in [0.5, 0.6) is 0 Å². The minimum Gasteiger partial charge on any atom is -0.349 e. The standard InChI is InChI=1S/C23H29N3OS/c1-15(2)13-26-18(5)16(3)25-23(26)28-14-22(27)24-17(4)20-11-10-19-8-6-7-9-21(19)12-20/h6-12,15,17H,13-14H2,1-5H3,(H,24,27). The summed E-state index contributed by atoms with van der Waals surface area (Å²) >= 11 is 1.51. The minimum absolute atomic E-state index is 0.0278. The van der Waals surface area contributed by atoms with Gasteiger partial charge >= 0.3 is 0 Å². The number of nitrogens with one attached hydrogen (secondary N) is 1. The van der Waals surface area contributed by atoms with E-state index in [4.69, 9.17) is 0 Å². The van der Waals surface area contributed by atoms with Crippen LogP contribution in [0.25, 0.3) is 10.8 Å². The lowest BCUT2D eigenvalue weighted by atomic mass is 10.0. The SMILES string of the molecule is Cc1nc(SCC(=O)NC(C)c2ccc3ccccc3c2)n(CC(C)C)c1C. The number of imidazole rings is 1. The van der Waals surface area contributed by atoms with Crippen LogP contribution < -0.4 is 5.32 Å². The number of fused-ring (bicyclic) bond motifs is 1. The third-order valence-electron chi connectivity index (χ3n) is 4.95. The molecule has 0 bridgehead atoms. The van der Waals surface area contributed by atoms with Crippen molar-refractivity contribution in [2.45, 2.75) is 52.4 Å². The van der Waals surface area contributed by atoms with Gasteiger partial charge in [-0.15, -0.1) is 0 Å². The van der Waals surface area contributed by atoms with Crippen molar-refractivity contribution in [3.05, 3.63) is 59.4 Å². The molecule has 0 radical (unpaired) electrons. The Kier molecular flexibility index (Phi) is 6.45. The molecule has 0 aliphatic heterocycles. The Morgan fingerprint density at radius 1 is 1.11 bits per heavy atom. The van der Waals surface area contributed by atoms with Gasteiger partial charge in [-0.05, 0) is 49.1 Å². The van der Waals surface area contributed by atoms with E-state index in [1.165, 1.54) is 28.2 Å². The van der Waals surface area contributed by atoms with Crippen LogP contribution in [0.4, 0.5) is 0 Å². The van der Waals surface area contributed by atoms with Crippen LogP contribution in [0.1, 0.15) is 43.8 Å². The predicted octanol–water partition coefficient (Wildman–Crippen LogP) is 5.28. The molecule has 2 aromatic carbocycles. The molecule has 1 atom stereocenters. The quantitative estimate of drug-likeness (QED) is 0.554. The molecular formula is C23H29N3OS. The third kappa shape index (κ3) is 4.76. The first-order valence-corrected chi connectivity index (χ1v) is 10.8. The summed E-state index contributed by atoms with van der Waals surface area (Å²) in [6.45, 7) is 11.5. The molecule has 28 heavy (non-hydrogen) atoms. The smallest absolute Gasteiger partial charge is 0.230 e. The second-order valence-electron chi connectivity index (χ2n) is 7.75. The van der Waals surface area contributed by atoms with Crippen LogP contribution in [0, 0.1) is 19.8 Å². The van der Waals surface area contributed by atoms with E-state index in [0.29, 0.717) is 11.7 Å². The van der Waals surface area contributed by atoms with Gasteiger partial charge in [-0.1, -0.05) is 62.0 Å². The van der Waals surface area contributed by atoms with Gasteiger partial charge in [-0.3, -0.25) is 4.79 Å². The maximum absolute atomic E-state index is 12.5. The number of rotatable bonds is 7. The van der Waals surface area contributed by atoms with Crippen molar-refractivity contribution >= 4 is 28.4 Å². The molecule has 1 unspecified atom stereocenters. The average molecular weight is 396 g/mol. The van der Waals surface area contributed by atoms with Gasteiger partial charge < -0.3 is 9.88 Å². The van der Waals surface area contributed by atoms with E-state index in [1.807, 2.05) is 26.0 Å². The highest BCUT2D eigenvalue weighted by Gasteiger charge is 2.16. The number of hydrogen-bond donors (Lipinski definition) is 1. The lowest BCUT2D eigenvalue weighted by Gasteiger charge is -2.16. The zero-order valence-corrected chi connectivity index (χ0v) is 18.1. The van der Waals surface area contributed by atoms with Crippen LogP contribution in [0.15, 0.2) is 47.6 Å². The van der Waals surface area contributed by atoms with E-state index >= 15 is 0 Å². The van der Waals surface area contributed by atoms with Crippen LogP contribution in [-0.4, -0.2) is 21.2 Å². The molecule has 0 saturated carbocycles. The molecule has 1 aromatic heterocycles. The van der Waals surface area contributed by atoms with E-state index in [9.17, 15) is 4.79 Å². The van der Waals surface area contributed by atoms with Gasteiger partial charge in [-0.2, -0.15) is 0 Å². The molecule has 148 valence electrons. The van der Waals surface area contributed by atoms with Gasteiger partial charge in [0.25, 0.3) is 0 Å². The summed E-state index contributed by atoms with van der Waals surface area (Å²) in [5.74, 6) is 0.930. The zero-order chi connectivity index (χ0) is 20.3. The molecule has 3 aromatic rings. The first kappa shape index (κ1) is 20.5. The Hall–Kier alpha value is -2.27. The Balaban J connectivity index is 1.63. The van der Waals surface area contributed by atoms with Crippen LogP contribution >= 0.6 is 11.8 Å². The summed E-state index contributed by atoms with van der Waals surface area (Å²) in [5, 5.41) is 6.45. The molecule has 0 spiro atoms. The Morgan fingerprint density at radius 2 is 1.82 bits per heavy atom. The number of aromatic nitrogens is 2. The van der Waals surface area contributed by atoms with Crippen molar-refractivity contribution in [2.24, 2.45) is 5.92 Å². The molecule has 0 aliphatic carbocycles. The number of amides is 1. The first-order valence-electron chi connectivity index (χ1n) is 9.79. The number of aryl methyl sites for hydroxylation is 1. The van der Waals surface area contributed by atoms with Gasteiger partial charge in [0.05, 0.1) is 17.5 Å². The van der Waals surface area contributed by atoms with Crippen LogP contribution in [0.3, 0.4) is 0 Å². The molecule has 0 saturated heterocycles. The molecule has 1 N–H and O–H groups in total. The highest BCUT2D eigenvalue weighted by molar-refractivity contribution is 7.99. The minimum atomic E-state index is -0.0309. The van der Waals surface area contributed by atoms with Crippen LogP contribution in [0.2, 0.25) is 0 Å². The number of carbonyl (C=O) groups is 1. The van der Waals surface area contributed by atoms with Crippen molar-refractivity contribution in [3.8, 4) is 0 Å². The molecule has 0 aliphatic rings. The van der Waals surface area contributed by atoms with Crippen molar-refractivity contribution < 1.29 is 4.79 Å². The second kappa shape index (κ2) is 8.82. The van der Waals surface area contributed by atoms with Crippen LogP contribution in [-0.2, 0) is 11.3 Å².